The SMILES string of the molecule is COCC(N)C(=O)Nc1ccc(I)cc1. The molecule has 1 unspecified atom stereocenters. The molecule has 4 nitrogen and oxygen atoms in total. The molecule has 1 aromatic rings. The van der Waals surface area contributed by atoms with E-state index >= 15 is 0 Å². The van der Waals surface area contributed by atoms with Crippen molar-refractivity contribution in [3.63, 3.8) is 0 Å². The first-order valence-corrected chi connectivity index (χ1v) is 5.52. The van der Waals surface area contributed by atoms with Crippen LogP contribution in [0, 0.1) is 3.57 Å². The second-order valence-electron chi connectivity index (χ2n) is 3.06. The largest absolute Gasteiger partial charge is 0.383 e. The van der Waals surface area contributed by atoms with Crippen LogP contribution in [0.25, 0.3) is 0 Å². The van der Waals surface area contributed by atoms with Crippen molar-refractivity contribution in [3.8, 4) is 0 Å². The Kier molecular flexibility index (Phi) is 5.00. The van der Waals surface area contributed by atoms with E-state index in [1.807, 2.05) is 24.3 Å². The molecule has 5 heteroatoms. The van der Waals surface area contributed by atoms with E-state index in [-0.39, 0.29) is 12.5 Å². The number of benzene rings is 1. The van der Waals surface area contributed by atoms with Crippen molar-refractivity contribution in [3.05, 3.63) is 27.8 Å². The number of hydrogen-bond acceptors (Lipinski definition) is 3. The summed E-state index contributed by atoms with van der Waals surface area (Å²) in [5, 5.41) is 2.71. The van der Waals surface area contributed by atoms with Crippen LogP contribution in [-0.4, -0.2) is 25.7 Å². The third kappa shape index (κ3) is 4.15. The van der Waals surface area contributed by atoms with Gasteiger partial charge in [-0.15, -0.1) is 0 Å². The highest BCUT2D eigenvalue weighted by atomic mass is 127. The number of hydrogen-bond donors (Lipinski definition) is 2. The number of nitrogens with one attached hydrogen (secondary N) is 1. The van der Waals surface area contributed by atoms with Gasteiger partial charge in [-0.3, -0.25) is 4.79 Å². The van der Waals surface area contributed by atoms with Crippen LogP contribution in [0.1, 0.15) is 0 Å². The van der Waals surface area contributed by atoms with Gasteiger partial charge in [-0.05, 0) is 46.9 Å². The monoisotopic (exact) mass is 320 g/mol. The number of anilines is 1. The molecule has 0 aliphatic carbocycles. The van der Waals surface area contributed by atoms with Gasteiger partial charge in [0, 0.05) is 16.4 Å². The maximum absolute atomic E-state index is 11.5. The molecule has 0 bridgehead atoms. The second kappa shape index (κ2) is 6.04. The summed E-state index contributed by atoms with van der Waals surface area (Å²) < 4.78 is 5.91. The first-order chi connectivity index (χ1) is 7.13. The van der Waals surface area contributed by atoms with Crippen LogP contribution in [0.5, 0.6) is 0 Å². The van der Waals surface area contributed by atoms with E-state index in [9.17, 15) is 4.79 Å². The minimum Gasteiger partial charge on any atom is -0.383 e. The molecule has 0 radical (unpaired) electrons. The summed E-state index contributed by atoms with van der Waals surface area (Å²) in [6.45, 7) is 0.218. The third-order valence-corrected chi connectivity index (χ3v) is 2.51. The lowest BCUT2D eigenvalue weighted by Crippen LogP contribution is -2.39. The number of amides is 1. The Bertz CT molecular complexity index is 327. The molecular weight excluding hydrogens is 307 g/mol. The number of nitrogens with two attached hydrogens (primary N) is 1. The van der Waals surface area contributed by atoms with Gasteiger partial charge in [0.05, 0.1) is 6.61 Å². The molecule has 0 saturated heterocycles. The van der Waals surface area contributed by atoms with Gasteiger partial charge in [-0.2, -0.15) is 0 Å². The molecule has 0 aromatic heterocycles. The third-order valence-electron chi connectivity index (χ3n) is 1.79. The van der Waals surface area contributed by atoms with Crippen LogP contribution in [-0.2, 0) is 9.53 Å². The van der Waals surface area contributed by atoms with E-state index in [4.69, 9.17) is 10.5 Å². The quantitative estimate of drug-likeness (QED) is 0.820. The van der Waals surface area contributed by atoms with Crippen LogP contribution < -0.4 is 11.1 Å². The molecule has 0 aliphatic heterocycles. The van der Waals surface area contributed by atoms with Crippen molar-refractivity contribution in [2.24, 2.45) is 5.73 Å². The topological polar surface area (TPSA) is 64.3 Å². The van der Waals surface area contributed by atoms with Gasteiger partial charge < -0.3 is 15.8 Å². The smallest absolute Gasteiger partial charge is 0.243 e. The summed E-state index contributed by atoms with van der Waals surface area (Å²) in [7, 11) is 1.51. The number of ether oxygens (including phenoxy) is 1. The Morgan fingerprint density at radius 3 is 2.67 bits per heavy atom. The molecule has 1 atom stereocenters. The van der Waals surface area contributed by atoms with Crippen molar-refractivity contribution in [1.82, 2.24) is 0 Å². The van der Waals surface area contributed by atoms with Crippen LogP contribution in [0.3, 0.4) is 0 Å². The highest BCUT2D eigenvalue weighted by Crippen LogP contribution is 2.11. The van der Waals surface area contributed by atoms with E-state index in [1.54, 1.807) is 0 Å². The fraction of sp³-hybridized carbons (Fsp3) is 0.300. The maximum atomic E-state index is 11.5. The van der Waals surface area contributed by atoms with Gasteiger partial charge in [0.25, 0.3) is 0 Å². The lowest BCUT2D eigenvalue weighted by atomic mass is 10.2. The average molecular weight is 320 g/mol. The number of rotatable bonds is 4. The zero-order chi connectivity index (χ0) is 11.3. The summed E-state index contributed by atoms with van der Waals surface area (Å²) in [5.41, 5.74) is 6.31. The summed E-state index contributed by atoms with van der Waals surface area (Å²) in [6, 6.07) is 6.86. The van der Waals surface area contributed by atoms with Crippen molar-refractivity contribution in [2.75, 3.05) is 19.0 Å². The number of carbonyl (C=O) groups excluding carboxylic acids is 1. The molecule has 0 saturated carbocycles. The Hall–Kier alpha value is -0.660. The molecule has 0 heterocycles. The lowest BCUT2D eigenvalue weighted by Gasteiger charge is -2.10. The molecule has 82 valence electrons. The molecule has 1 amide bonds. The molecule has 1 rings (SSSR count). The maximum Gasteiger partial charge on any atom is 0.243 e. The highest BCUT2D eigenvalue weighted by Gasteiger charge is 2.12. The minimum atomic E-state index is -0.630. The minimum absolute atomic E-state index is 0.218. The molecule has 3 N–H and O–H groups in total. The van der Waals surface area contributed by atoms with Crippen LogP contribution in [0.4, 0.5) is 5.69 Å². The van der Waals surface area contributed by atoms with Crippen molar-refractivity contribution >= 4 is 34.2 Å². The number of halogens is 1. The predicted octanol–water partition coefficient (Wildman–Crippen LogP) is 1.20. The summed E-state index contributed by atoms with van der Waals surface area (Å²) in [6.07, 6.45) is 0. The molecule has 15 heavy (non-hydrogen) atoms. The van der Waals surface area contributed by atoms with Gasteiger partial charge in [0.2, 0.25) is 5.91 Å². The van der Waals surface area contributed by atoms with Gasteiger partial charge in [0.15, 0.2) is 0 Å². The fourth-order valence-corrected chi connectivity index (χ4v) is 1.38. The van der Waals surface area contributed by atoms with Gasteiger partial charge in [0.1, 0.15) is 6.04 Å². The summed E-state index contributed by atoms with van der Waals surface area (Å²) in [4.78, 5) is 11.5. The van der Waals surface area contributed by atoms with E-state index in [2.05, 4.69) is 27.9 Å². The zero-order valence-corrected chi connectivity index (χ0v) is 10.5. The standard InChI is InChI=1S/C10H13IN2O2/c1-15-6-9(12)10(14)13-8-4-2-7(11)3-5-8/h2-5,9H,6,12H2,1H3,(H,13,14). The van der Waals surface area contributed by atoms with Crippen LogP contribution in [0.2, 0.25) is 0 Å². The van der Waals surface area contributed by atoms with Gasteiger partial charge in [-0.1, -0.05) is 0 Å². The molecule has 1 aromatic carbocycles. The first-order valence-electron chi connectivity index (χ1n) is 4.44. The van der Waals surface area contributed by atoms with Crippen molar-refractivity contribution in [2.45, 2.75) is 6.04 Å². The average Bonchev–Trinajstić information content (AvgIpc) is 2.22. The normalized spacial score (nSPS) is 12.2. The molecule has 0 spiro atoms. The molecule has 0 aliphatic rings. The Balaban J connectivity index is 2.54. The first kappa shape index (κ1) is 12.4. The number of carbonyl (C=O) groups is 1. The van der Waals surface area contributed by atoms with Crippen molar-refractivity contribution in [1.29, 1.82) is 0 Å². The predicted molar refractivity (Wildman–Crippen MR) is 67.6 cm³/mol. The van der Waals surface area contributed by atoms with E-state index in [0.717, 1.165) is 9.26 Å². The zero-order valence-electron chi connectivity index (χ0n) is 8.37. The van der Waals surface area contributed by atoms with Gasteiger partial charge >= 0.3 is 0 Å². The Labute approximate surface area is 102 Å². The Morgan fingerprint density at radius 2 is 2.13 bits per heavy atom. The van der Waals surface area contributed by atoms with Crippen LogP contribution >= 0.6 is 22.6 Å². The second-order valence-corrected chi connectivity index (χ2v) is 4.30. The highest BCUT2D eigenvalue weighted by molar-refractivity contribution is 14.1. The fourth-order valence-electron chi connectivity index (χ4n) is 1.02. The molecular formula is C10H13IN2O2. The van der Waals surface area contributed by atoms with E-state index in [1.165, 1.54) is 7.11 Å². The Morgan fingerprint density at radius 1 is 1.53 bits per heavy atom. The molecule has 0 fully saturated rings. The van der Waals surface area contributed by atoms with Gasteiger partial charge in [-0.25, -0.2) is 0 Å². The van der Waals surface area contributed by atoms with E-state index in [0.29, 0.717) is 0 Å². The summed E-state index contributed by atoms with van der Waals surface area (Å²) in [5.74, 6) is -0.238. The van der Waals surface area contributed by atoms with Crippen LogP contribution in [0.15, 0.2) is 24.3 Å². The number of methoxy groups -OCH3 is 1. The summed E-state index contributed by atoms with van der Waals surface area (Å²) >= 11 is 2.20. The lowest BCUT2D eigenvalue weighted by molar-refractivity contribution is -0.118. The van der Waals surface area contributed by atoms with E-state index < -0.39 is 6.04 Å². The van der Waals surface area contributed by atoms with Crippen molar-refractivity contribution < 1.29 is 9.53 Å².